The van der Waals surface area contributed by atoms with Crippen LogP contribution in [-0.2, 0) is 0 Å². The lowest BCUT2D eigenvalue weighted by Crippen LogP contribution is -2.05. The van der Waals surface area contributed by atoms with E-state index in [2.05, 4.69) is 6.07 Å². The SMILES string of the molecule is Cl.N#CC1=Cc2ccccc2OC1. The summed E-state index contributed by atoms with van der Waals surface area (Å²) in [5, 5.41) is 8.62. The molecule has 0 aliphatic carbocycles. The Hall–Kier alpha value is -1.46. The molecular weight excluding hydrogens is 186 g/mol. The minimum absolute atomic E-state index is 0. The summed E-state index contributed by atoms with van der Waals surface area (Å²) in [4.78, 5) is 0. The number of halogens is 1. The molecule has 0 aromatic heterocycles. The summed E-state index contributed by atoms with van der Waals surface area (Å²) in [5.41, 5.74) is 1.66. The molecule has 1 aromatic carbocycles. The fourth-order valence-corrected chi connectivity index (χ4v) is 1.18. The van der Waals surface area contributed by atoms with Crippen LogP contribution in [0.25, 0.3) is 6.08 Å². The highest BCUT2D eigenvalue weighted by atomic mass is 35.5. The molecular formula is C10H8ClNO. The first-order chi connectivity index (χ1) is 5.90. The predicted octanol–water partition coefficient (Wildman–Crippen LogP) is 2.41. The van der Waals surface area contributed by atoms with Gasteiger partial charge < -0.3 is 4.74 Å². The van der Waals surface area contributed by atoms with E-state index in [1.54, 1.807) is 0 Å². The Morgan fingerprint density at radius 2 is 2.08 bits per heavy atom. The van der Waals surface area contributed by atoms with Gasteiger partial charge in [0.05, 0.1) is 11.6 Å². The van der Waals surface area contributed by atoms with Gasteiger partial charge in [0.2, 0.25) is 0 Å². The minimum Gasteiger partial charge on any atom is -0.488 e. The molecule has 1 aliphatic rings. The van der Waals surface area contributed by atoms with Gasteiger partial charge in [0, 0.05) is 5.56 Å². The van der Waals surface area contributed by atoms with Crippen molar-refractivity contribution in [3.8, 4) is 11.8 Å². The van der Waals surface area contributed by atoms with Crippen LogP contribution >= 0.6 is 12.4 Å². The summed E-state index contributed by atoms with van der Waals surface area (Å²) in [7, 11) is 0. The number of nitriles is 1. The molecule has 1 aliphatic heterocycles. The van der Waals surface area contributed by atoms with Gasteiger partial charge in [0.25, 0.3) is 0 Å². The molecule has 0 saturated heterocycles. The number of benzene rings is 1. The summed E-state index contributed by atoms with van der Waals surface area (Å²) in [6.45, 7) is 0.396. The average Bonchev–Trinajstić information content (AvgIpc) is 2.17. The van der Waals surface area contributed by atoms with E-state index < -0.39 is 0 Å². The van der Waals surface area contributed by atoms with E-state index in [1.807, 2.05) is 30.3 Å². The van der Waals surface area contributed by atoms with Crippen LogP contribution in [-0.4, -0.2) is 6.61 Å². The zero-order valence-electron chi connectivity index (χ0n) is 6.86. The van der Waals surface area contributed by atoms with Crippen molar-refractivity contribution in [2.24, 2.45) is 0 Å². The third kappa shape index (κ3) is 1.82. The van der Waals surface area contributed by atoms with Crippen LogP contribution in [0.15, 0.2) is 29.8 Å². The number of fused-ring (bicyclic) bond motifs is 1. The lowest BCUT2D eigenvalue weighted by Gasteiger charge is -2.13. The van der Waals surface area contributed by atoms with Gasteiger partial charge in [-0.1, -0.05) is 18.2 Å². The standard InChI is InChI=1S/C10H7NO.ClH/c11-6-8-5-9-3-1-2-4-10(9)12-7-8;/h1-5H,7H2;1H. The van der Waals surface area contributed by atoms with Gasteiger partial charge in [-0.2, -0.15) is 5.26 Å². The summed E-state index contributed by atoms with van der Waals surface area (Å²) in [6, 6.07) is 9.77. The number of hydrogen-bond donors (Lipinski definition) is 0. The maximum absolute atomic E-state index is 8.62. The molecule has 0 amide bonds. The van der Waals surface area contributed by atoms with E-state index in [9.17, 15) is 0 Å². The van der Waals surface area contributed by atoms with Crippen molar-refractivity contribution >= 4 is 18.5 Å². The van der Waals surface area contributed by atoms with Crippen molar-refractivity contribution in [1.29, 1.82) is 5.26 Å². The smallest absolute Gasteiger partial charge is 0.127 e. The van der Waals surface area contributed by atoms with Crippen LogP contribution in [0.1, 0.15) is 5.56 Å². The summed E-state index contributed by atoms with van der Waals surface area (Å²) in [6.07, 6.45) is 1.86. The molecule has 0 fully saturated rings. The van der Waals surface area contributed by atoms with E-state index in [1.165, 1.54) is 0 Å². The molecule has 2 nitrogen and oxygen atoms in total. The number of hydrogen-bond acceptors (Lipinski definition) is 2. The van der Waals surface area contributed by atoms with E-state index in [0.717, 1.165) is 11.3 Å². The molecule has 0 bridgehead atoms. The number of nitrogens with zero attached hydrogens (tertiary/aromatic N) is 1. The molecule has 2 rings (SSSR count). The minimum atomic E-state index is 0. The summed E-state index contributed by atoms with van der Waals surface area (Å²) in [5.74, 6) is 0.858. The molecule has 0 N–H and O–H groups in total. The highest BCUT2D eigenvalue weighted by Gasteiger charge is 2.08. The third-order valence-corrected chi connectivity index (χ3v) is 1.78. The van der Waals surface area contributed by atoms with Crippen molar-refractivity contribution in [2.75, 3.05) is 6.61 Å². The van der Waals surface area contributed by atoms with E-state index in [4.69, 9.17) is 10.00 Å². The molecule has 13 heavy (non-hydrogen) atoms. The van der Waals surface area contributed by atoms with Gasteiger partial charge in [-0.15, -0.1) is 12.4 Å². The topological polar surface area (TPSA) is 33.0 Å². The van der Waals surface area contributed by atoms with Gasteiger partial charge in [0.1, 0.15) is 12.4 Å². The highest BCUT2D eigenvalue weighted by molar-refractivity contribution is 5.85. The zero-order valence-corrected chi connectivity index (χ0v) is 7.67. The molecule has 66 valence electrons. The number of para-hydroxylation sites is 1. The molecule has 0 atom stereocenters. The summed E-state index contributed by atoms with van der Waals surface area (Å²) >= 11 is 0. The predicted molar refractivity (Wildman–Crippen MR) is 52.8 cm³/mol. The largest absolute Gasteiger partial charge is 0.488 e. The van der Waals surface area contributed by atoms with Crippen LogP contribution in [0.2, 0.25) is 0 Å². The lowest BCUT2D eigenvalue weighted by atomic mass is 10.1. The van der Waals surface area contributed by atoms with Crippen molar-refractivity contribution in [3.05, 3.63) is 35.4 Å². The van der Waals surface area contributed by atoms with E-state index in [-0.39, 0.29) is 12.4 Å². The van der Waals surface area contributed by atoms with Gasteiger partial charge in [-0.3, -0.25) is 0 Å². The first kappa shape index (κ1) is 9.63. The van der Waals surface area contributed by atoms with E-state index in [0.29, 0.717) is 12.2 Å². The maximum atomic E-state index is 8.62. The first-order valence-electron chi connectivity index (χ1n) is 3.72. The quantitative estimate of drug-likeness (QED) is 0.634. The number of rotatable bonds is 0. The molecule has 3 heteroatoms. The van der Waals surface area contributed by atoms with Crippen molar-refractivity contribution < 1.29 is 4.74 Å². The van der Waals surface area contributed by atoms with Crippen LogP contribution in [0.5, 0.6) is 5.75 Å². The number of ether oxygens (including phenoxy) is 1. The second kappa shape index (κ2) is 3.97. The van der Waals surface area contributed by atoms with Gasteiger partial charge >= 0.3 is 0 Å². The second-order valence-electron chi connectivity index (χ2n) is 2.61. The fraction of sp³-hybridized carbons (Fsp3) is 0.100. The molecule has 1 heterocycles. The molecule has 0 spiro atoms. The summed E-state index contributed by atoms with van der Waals surface area (Å²) < 4.78 is 5.34. The Kier molecular flexibility index (Phi) is 2.94. The van der Waals surface area contributed by atoms with Crippen molar-refractivity contribution in [2.45, 2.75) is 0 Å². The molecule has 1 aromatic rings. The van der Waals surface area contributed by atoms with E-state index >= 15 is 0 Å². The van der Waals surface area contributed by atoms with Crippen molar-refractivity contribution in [3.63, 3.8) is 0 Å². The monoisotopic (exact) mass is 193 g/mol. The normalized spacial score (nSPS) is 12.7. The molecule has 0 saturated carbocycles. The Balaban J connectivity index is 0.000000845. The first-order valence-corrected chi connectivity index (χ1v) is 3.72. The van der Waals surface area contributed by atoms with Gasteiger partial charge in [-0.25, -0.2) is 0 Å². The Labute approximate surface area is 82.9 Å². The zero-order chi connectivity index (χ0) is 8.39. The average molecular weight is 194 g/mol. The van der Waals surface area contributed by atoms with Gasteiger partial charge in [-0.05, 0) is 12.1 Å². The lowest BCUT2D eigenvalue weighted by molar-refractivity contribution is 0.352. The van der Waals surface area contributed by atoms with Crippen LogP contribution in [0.3, 0.4) is 0 Å². The third-order valence-electron chi connectivity index (χ3n) is 1.78. The second-order valence-corrected chi connectivity index (χ2v) is 2.61. The van der Waals surface area contributed by atoms with Crippen LogP contribution in [0, 0.1) is 11.3 Å². The Morgan fingerprint density at radius 3 is 2.85 bits per heavy atom. The van der Waals surface area contributed by atoms with Crippen LogP contribution in [0.4, 0.5) is 0 Å². The van der Waals surface area contributed by atoms with Crippen molar-refractivity contribution in [1.82, 2.24) is 0 Å². The maximum Gasteiger partial charge on any atom is 0.127 e. The fourth-order valence-electron chi connectivity index (χ4n) is 1.18. The Bertz CT molecular complexity index is 379. The van der Waals surface area contributed by atoms with Gasteiger partial charge in [0.15, 0.2) is 0 Å². The molecule has 0 unspecified atom stereocenters. The van der Waals surface area contributed by atoms with Crippen LogP contribution < -0.4 is 4.74 Å². The highest BCUT2D eigenvalue weighted by Crippen LogP contribution is 2.24. The Morgan fingerprint density at radius 1 is 1.31 bits per heavy atom. The molecule has 0 radical (unpaired) electrons.